The third-order valence-corrected chi connectivity index (χ3v) is 3.82. The molecule has 1 N–H and O–H groups in total. The van der Waals surface area contributed by atoms with Crippen molar-refractivity contribution in [3.05, 3.63) is 28.7 Å². The molecule has 0 aliphatic carbocycles. The van der Waals surface area contributed by atoms with Gasteiger partial charge in [-0.05, 0) is 31.2 Å². The number of ether oxygens (including phenoxy) is 1. The molecule has 0 atom stereocenters. The molecule has 0 amide bonds. The molecule has 4 heteroatoms. The average Bonchev–Trinajstić information content (AvgIpc) is 2.19. The Morgan fingerprint density at radius 1 is 1.40 bits per heavy atom. The van der Waals surface area contributed by atoms with Crippen LogP contribution in [0, 0.1) is 0 Å². The number of thioether (sulfide) groups is 1. The van der Waals surface area contributed by atoms with Gasteiger partial charge in [-0.25, -0.2) is 0 Å². The minimum Gasteiger partial charge on any atom is -0.377 e. The van der Waals surface area contributed by atoms with Gasteiger partial charge in [-0.3, -0.25) is 5.32 Å². The van der Waals surface area contributed by atoms with Gasteiger partial charge in [-0.1, -0.05) is 15.9 Å². The normalized spacial score (nSPS) is 18.5. The highest BCUT2D eigenvalue weighted by Gasteiger charge is 2.32. The summed E-state index contributed by atoms with van der Waals surface area (Å²) in [7, 11) is 0. The molecule has 1 aromatic carbocycles. The molecule has 1 aromatic rings. The lowest BCUT2D eigenvalue weighted by Gasteiger charge is -2.38. The van der Waals surface area contributed by atoms with E-state index in [0.717, 1.165) is 23.6 Å². The van der Waals surface area contributed by atoms with Gasteiger partial charge in [0.15, 0.2) is 0 Å². The number of rotatable bonds is 4. The summed E-state index contributed by atoms with van der Waals surface area (Å²) in [5.41, 5.74) is 0.197. The molecular formula is C11H14BrNOS. The van der Waals surface area contributed by atoms with Crippen LogP contribution < -0.4 is 5.32 Å². The van der Waals surface area contributed by atoms with E-state index in [2.05, 4.69) is 52.4 Å². The van der Waals surface area contributed by atoms with Crippen LogP contribution in [-0.4, -0.2) is 24.6 Å². The first-order chi connectivity index (χ1) is 7.18. The van der Waals surface area contributed by atoms with E-state index in [1.807, 2.05) is 11.8 Å². The molecule has 0 saturated carbocycles. The minimum absolute atomic E-state index is 0.197. The number of hydrogen-bond donors (Lipinski definition) is 1. The quantitative estimate of drug-likeness (QED) is 0.680. The van der Waals surface area contributed by atoms with Crippen LogP contribution in [0.3, 0.4) is 0 Å². The molecule has 2 nitrogen and oxygen atoms in total. The molecule has 1 fully saturated rings. The van der Waals surface area contributed by atoms with Crippen molar-refractivity contribution in [2.75, 3.05) is 19.1 Å². The van der Waals surface area contributed by atoms with Crippen LogP contribution in [0.4, 0.5) is 0 Å². The van der Waals surface area contributed by atoms with E-state index in [9.17, 15) is 0 Å². The first kappa shape index (κ1) is 11.5. The van der Waals surface area contributed by atoms with Crippen LogP contribution in [-0.2, 0) is 4.74 Å². The van der Waals surface area contributed by atoms with Crippen molar-refractivity contribution in [1.29, 1.82) is 0 Å². The van der Waals surface area contributed by atoms with Crippen molar-refractivity contribution in [2.45, 2.75) is 17.4 Å². The van der Waals surface area contributed by atoms with Gasteiger partial charge in [0, 0.05) is 15.2 Å². The number of nitrogens with one attached hydrogen (secondary N) is 1. The Labute approximate surface area is 103 Å². The zero-order valence-electron chi connectivity index (χ0n) is 8.63. The monoisotopic (exact) mass is 287 g/mol. The van der Waals surface area contributed by atoms with Crippen LogP contribution in [0.25, 0.3) is 0 Å². The molecule has 2 rings (SSSR count). The Morgan fingerprint density at radius 3 is 2.60 bits per heavy atom. The van der Waals surface area contributed by atoms with Gasteiger partial charge in [0.05, 0.1) is 18.8 Å². The second kappa shape index (κ2) is 4.87. The maximum absolute atomic E-state index is 5.18. The third kappa shape index (κ3) is 3.21. The molecule has 15 heavy (non-hydrogen) atoms. The van der Waals surface area contributed by atoms with E-state index >= 15 is 0 Å². The number of benzene rings is 1. The lowest BCUT2D eigenvalue weighted by atomic mass is 10.0. The van der Waals surface area contributed by atoms with Crippen LogP contribution in [0.2, 0.25) is 0 Å². The Kier molecular flexibility index (Phi) is 3.72. The van der Waals surface area contributed by atoms with Gasteiger partial charge in [-0.2, -0.15) is 0 Å². The lowest BCUT2D eigenvalue weighted by molar-refractivity contribution is -0.0611. The number of halogens is 1. The molecule has 0 radical (unpaired) electrons. The zero-order chi connectivity index (χ0) is 10.7. The summed E-state index contributed by atoms with van der Waals surface area (Å²) in [4.78, 5) is 1.29. The fraction of sp³-hybridized carbons (Fsp3) is 0.455. The zero-order valence-corrected chi connectivity index (χ0v) is 11.0. The molecule has 1 aliphatic rings. The van der Waals surface area contributed by atoms with Gasteiger partial charge in [-0.15, -0.1) is 11.8 Å². The van der Waals surface area contributed by atoms with E-state index in [1.54, 1.807) is 0 Å². The van der Waals surface area contributed by atoms with Gasteiger partial charge < -0.3 is 4.74 Å². The molecule has 1 heterocycles. The predicted molar refractivity (Wildman–Crippen MR) is 67.2 cm³/mol. The lowest BCUT2D eigenvalue weighted by Crippen LogP contribution is -2.57. The molecule has 0 spiro atoms. The van der Waals surface area contributed by atoms with Crippen LogP contribution in [0.15, 0.2) is 33.6 Å². The molecule has 82 valence electrons. The number of hydrogen-bond acceptors (Lipinski definition) is 3. The average molecular weight is 288 g/mol. The SMILES string of the molecule is CC1(NCSc2ccc(Br)cc2)COC1. The largest absolute Gasteiger partial charge is 0.377 e. The van der Waals surface area contributed by atoms with Crippen molar-refractivity contribution < 1.29 is 4.74 Å². The Hall–Kier alpha value is -0.0300. The summed E-state index contributed by atoms with van der Waals surface area (Å²) >= 11 is 5.24. The van der Waals surface area contributed by atoms with E-state index in [1.165, 1.54) is 4.90 Å². The molecular weight excluding hydrogens is 274 g/mol. The summed E-state index contributed by atoms with van der Waals surface area (Å²) in [6, 6.07) is 8.37. The van der Waals surface area contributed by atoms with Crippen molar-refractivity contribution in [3.63, 3.8) is 0 Å². The molecule has 0 aromatic heterocycles. The van der Waals surface area contributed by atoms with Gasteiger partial charge >= 0.3 is 0 Å². The third-order valence-electron chi connectivity index (χ3n) is 2.39. The van der Waals surface area contributed by atoms with E-state index in [-0.39, 0.29) is 5.54 Å². The molecule has 1 saturated heterocycles. The van der Waals surface area contributed by atoms with E-state index in [0.29, 0.717) is 0 Å². The van der Waals surface area contributed by atoms with Crippen LogP contribution in [0.1, 0.15) is 6.92 Å². The van der Waals surface area contributed by atoms with Crippen LogP contribution >= 0.6 is 27.7 Å². The Bertz CT molecular complexity index is 324. The minimum atomic E-state index is 0.197. The highest BCUT2D eigenvalue weighted by Crippen LogP contribution is 2.22. The van der Waals surface area contributed by atoms with Gasteiger partial charge in [0.25, 0.3) is 0 Å². The highest BCUT2D eigenvalue weighted by molar-refractivity contribution is 9.10. The van der Waals surface area contributed by atoms with Gasteiger partial charge in [0.2, 0.25) is 0 Å². The van der Waals surface area contributed by atoms with Crippen LogP contribution in [0.5, 0.6) is 0 Å². The summed E-state index contributed by atoms with van der Waals surface area (Å²) in [6.45, 7) is 3.85. The molecule has 0 unspecified atom stereocenters. The smallest absolute Gasteiger partial charge is 0.0669 e. The van der Waals surface area contributed by atoms with Crippen molar-refractivity contribution in [3.8, 4) is 0 Å². The topological polar surface area (TPSA) is 21.3 Å². The van der Waals surface area contributed by atoms with E-state index < -0.39 is 0 Å². The Balaban J connectivity index is 1.76. The fourth-order valence-electron chi connectivity index (χ4n) is 1.33. The summed E-state index contributed by atoms with van der Waals surface area (Å²) < 4.78 is 6.30. The molecule has 1 aliphatic heterocycles. The predicted octanol–water partition coefficient (Wildman–Crippen LogP) is 2.88. The highest BCUT2D eigenvalue weighted by atomic mass is 79.9. The fourth-order valence-corrected chi connectivity index (χ4v) is 2.51. The first-order valence-electron chi connectivity index (χ1n) is 4.89. The second-order valence-electron chi connectivity index (χ2n) is 3.97. The standard InChI is InChI=1S/C11H14BrNOS/c1-11(6-14-7-11)13-8-15-10-4-2-9(12)3-5-10/h2-5,13H,6-8H2,1H3. The van der Waals surface area contributed by atoms with E-state index in [4.69, 9.17) is 4.74 Å². The van der Waals surface area contributed by atoms with Crippen molar-refractivity contribution in [2.24, 2.45) is 0 Å². The summed E-state index contributed by atoms with van der Waals surface area (Å²) in [6.07, 6.45) is 0. The summed E-state index contributed by atoms with van der Waals surface area (Å²) in [5.74, 6) is 0.932. The Morgan fingerprint density at radius 2 is 2.07 bits per heavy atom. The summed E-state index contributed by atoms with van der Waals surface area (Å²) in [5, 5.41) is 3.48. The maximum Gasteiger partial charge on any atom is 0.0669 e. The van der Waals surface area contributed by atoms with Crippen molar-refractivity contribution in [1.82, 2.24) is 5.32 Å². The maximum atomic E-state index is 5.18. The van der Waals surface area contributed by atoms with Crippen molar-refractivity contribution >= 4 is 27.7 Å². The second-order valence-corrected chi connectivity index (χ2v) is 5.94. The first-order valence-corrected chi connectivity index (χ1v) is 6.67. The van der Waals surface area contributed by atoms with Gasteiger partial charge in [0.1, 0.15) is 0 Å². The molecule has 0 bridgehead atoms.